The summed E-state index contributed by atoms with van der Waals surface area (Å²) in [4.78, 5) is 33.6. The van der Waals surface area contributed by atoms with Crippen molar-refractivity contribution in [3.63, 3.8) is 0 Å². The first-order chi connectivity index (χ1) is 28.4. The molecule has 6 aromatic carbocycles. The number of methoxy groups -OCH3 is 4. The summed E-state index contributed by atoms with van der Waals surface area (Å²) < 4.78 is 35.3. The Labute approximate surface area is 338 Å². The molecule has 10 nitrogen and oxygen atoms in total. The number of ether oxygens (including phenoxy) is 6. The van der Waals surface area contributed by atoms with Gasteiger partial charge in [-0.15, -0.1) is 0 Å². The number of β-lactam (4-membered cyclic amide) rings is 2. The van der Waals surface area contributed by atoms with E-state index in [1.54, 1.807) is 28.4 Å². The standard InChI is InChI=1S/C48H44N2O8/c1-53-35-23-15-31(16-24-35)41(32-17-25-36(54-2)26-18-32)49-43(45(47(49)51)57-39-11-7-5-8-12-39)44-46(58-40-13-9-6-10-14-40)48(52)50(44)42(33-19-27-37(55-3)28-20-33)34-21-29-38(56-4)30-22-34/h5-30,41-46H,1-4H3/t43-,44-,45+,46+/m1/s1. The van der Waals surface area contributed by atoms with Crippen LogP contribution in [-0.2, 0) is 9.59 Å². The fourth-order valence-corrected chi connectivity index (χ4v) is 8.00. The van der Waals surface area contributed by atoms with Crippen molar-refractivity contribution in [2.24, 2.45) is 0 Å². The molecule has 8 rings (SSSR count). The van der Waals surface area contributed by atoms with Crippen molar-refractivity contribution in [2.45, 2.75) is 36.4 Å². The van der Waals surface area contributed by atoms with Crippen LogP contribution in [0.1, 0.15) is 34.3 Å². The van der Waals surface area contributed by atoms with Crippen LogP contribution in [0.3, 0.4) is 0 Å². The molecule has 0 N–H and O–H groups in total. The first kappa shape index (κ1) is 38.0. The second-order valence-electron chi connectivity index (χ2n) is 14.1. The average molecular weight is 777 g/mol. The molecule has 0 unspecified atom stereocenters. The minimum atomic E-state index is -0.962. The van der Waals surface area contributed by atoms with Gasteiger partial charge in [-0.25, -0.2) is 0 Å². The van der Waals surface area contributed by atoms with Gasteiger partial charge in [-0.1, -0.05) is 84.9 Å². The van der Waals surface area contributed by atoms with Gasteiger partial charge in [0.05, 0.1) is 40.5 Å². The van der Waals surface area contributed by atoms with Crippen molar-refractivity contribution < 1.29 is 38.0 Å². The van der Waals surface area contributed by atoms with Crippen LogP contribution in [0, 0.1) is 0 Å². The van der Waals surface area contributed by atoms with E-state index in [4.69, 9.17) is 28.4 Å². The van der Waals surface area contributed by atoms with Gasteiger partial charge in [0.2, 0.25) is 0 Å². The number of benzene rings is 6. The predicted octanol–water partition coefficient (Wildman–Crippen LogP) is 7.92. The first-order valence-corrected chi connectivity index (χ1v) is 19.1. The van der Waals surface area contributed by atoms with Gasteiger partial charge in [0.1, 0.15) is 46.6 Å². The minimum absolute atomic E-state index is 0.228. The van der Waals surface area contributed by atoms with E-state index in [-0.39, 0.29) is 11.8 Å². The van der Waals surface area contributed by atoms with Crippen LogP contribution in [-0.4, -0.2) is 74.3 Å². The van der Waals surface area contributed by atoms with E-state index in [2.05, 4.69) is 0 Å². The average Bonchev–Trinajstić information content (AvgIpc) is 3.29. The van der Waals surface area contributed by atoms with Gasteiger partial charge in [-0.3, -0.25) is 9.59 Å². The Kier molecular flexibility index (Phi) is 10.9. The summed E-state index contributed by atoms with van der Waals surface area (Å²) in [6, 6.07) is 46.8. The predicted molar refractivity (Wildman–Crippen MR) is 219 cm³/mol. The van der Waals surface area contributed by atoms with Gasteiger partial charge >= 0.3 is 0 Å². The molecule has 6 aromatic rings. The monoisotopic (exact) mass is 776 g/mol. The summed E-state index contributed by atoms with van der Waals surface area (Å²) in [7, 11) is 6.47. The fourth-order valence-electron chi connectivity index (χ4n) is 8.00. The van der Waals surface area contributed by atoms with Crippen molar-refractivity contribution in [1.29, 1.82) is 0 Å². The highest BCUT2D eigenvalue weighted by Gasteiger charge is 2.66. The zero-order valence-corrected chi connectivity index (χ0v) is 32.6. The van der Waals surface area contributed by atoms with Crippen LogP contribution in [0.4, 0.5) is 0 Å². The van der Waals surface area contributed by atoms with E-state index in [1.165, 1.54) is 0 Å². The van der Waals surface area contributed by atoms with E-state index in [0.29, 0.717) is 34.5 Å². The van der Waals surface area contributed by atoms with Crippen LogP contribution in [0.15, 0.2) is 158 Å². The Balaban J connectivity index is 1.31. The highest BCUT2D eigenvalue weighted by atomic mass is 16.5. The SMILES string of the molecule is COc1ccc(C(c2ccc(OC)cc2)N2C(=O)[C@@H](Oc3ccccc3)[C@H]2[C@@H]2[C@H](Oc3ccccc3)C(=O)N2C(c2ccc(OC)cc2)c2ccc(OC)cc2)cc1. The van der Waals surface area contributed by atoms with E-state index < -0.39 is 36.4 Å². The molecule has 2 aliphatic rings. The molecule has 2 fully saturated rings. The van der Waals surface area contributed by atoms with Gasteiger partial charge in [0.15, 0.2) is 12.2 Å². The molecule has 2 aliphatic heterocycles. The fraction of sp³-hybridized carbons (Fsp3) is 0.208. The Hall–Kier alpha value is -6.94. The molecule has 0 aliphatic carbocycles. The summed E-state index contributed by atoms with van der Waals surface area (Å²) in [5.41, 5.74) is 3.40. The van der Waals surface area contributed by atoms with E-state index in [0.717, 1.165) is 22.3 Å². The van der Waals surface area contributed by atoms with Crippen molar-refractivity contribution in [1.82, 2.24) is 9.80 Å². The summed E-state index contributed by atoms with van der Waals surface area (Å²) >= 11 is 0. The van der Waals surface area contributed by atoms with Crippen molar-refractivity contribution in [2.75, 3.05) is 28.4 Å². The van der Waals surface area contributed by atoms with Crippen LogP contribution in [0.5, 0.6) is 34.5 Å². The van der Waals surface area contributed by atoms with Crippen LogP contribution in [0.25, 0.3) is 0 Å². The van der Waals surface area contributed by atoms with Crippen molar-refractivity contribution in [3.8, 4) is 34.5 Å². The molecule has 0 radical (unpaired) electrons. The molecular formula is C48H44N2O8. The lowest BCUT2D eigenvalue weighted by molar-refractivity contribution is -0.199. The van der Waals surface area contributed by atoms with E-state index in [9.17, 15) is 9.59 Å². The van der Waals surface area contributed by atoms with E-state index in [1.807, 2.05) is 168 Å². The molecule has 294 valence electrons. The highest BCUT2D eigenvalue weighted by Crippen LogP contribution is 2.48. The Morgan fingerprint density at radius 3 is 0.862 bits per heavy atom. The summed E-state index contributed by atoms with van der Waals surface area (Å²) in [5, 5.41) is 0. The molecule has 2 saturated heterocycles. The largest absolute Gasteiger partial charge is 0.497 e. The van der Waals surface area contributed by atoms with Crippen molar-refractivity contribution >= 4 is 11.8 Å². The molecule has 4 atom stereocenters. The van der Waals surface area contributed by atoms with Crippen LogP contribution in [0.2, 0.25) is 0 Å². The summed E-state index contributed by atoms with van der Waals surface area (Å²) in [6.45, 7) is 0. The molecule has 0 bridgehead atoms. The number of carbonyl (C=O) groups is 2. The lowest BCUT2D eigenvalue weighted by Crippen LogP contribution is -2.82. The molecule has 0 aromatic heterocycles. The number of hydrogen-bond acceptors (Lipinski definition) is 8. The highest BCUT2D eigenvalue weighted by molar-refractivity contribution is 5.95. The van der Waals surface area contributed by atoms with Gasteiger partial charge in [0, 0.05) is 0 Å². The van der Waals surface area contributed by atoms with Crippen molar-refractivity contribution in [3.05, 3.63) is 180 Å². The Bertz CT molecular complexity index is 2040. The molecule has 2 amide bonds. The van der Waals surface area contributed by atoms with Gasteiger partial charge in [-0.2, -0.15) is 0 Å². The van der Waals surface area contributed by atoms with E-state index >= 15 is 0 Å². The summed E-state index contributed by atoms with van der Waals surface area (Å²) in [6.07, 6.45) is -1.92. The second kappa shape index (κ2) is 16.7. The second-order valence-corrected chi connectivity index (χ2v) is 14.1. The Morgan fingerprint density at radius 2 is 0.621 bits per heavy atom. The number of amides is 2. The summed E-state index contributed by atoms with van der Waals surface area (Å²) in [5.74, 6) is 3.35. The maximum Gasteiger partial charge on any atom is 0.267 e. The number of nitrogens with zero attached hydrogens (tertiary/aromatic N) is 2. The molecule has 0 spiro atoms. The minimum Gasteiger partial charge on any atom is -0.497 e. The molecule has 0 saturated carbocycles. The number of hydrogen-bond donors (Lipinski definition) is 0. The lowest BCUT2D eigenvalue weighted by Gasteiger charge is -2.61. The molecule has 10 heteroatoms. The molecular weight excluding hydrogens is 733 g/mol. The normalized spacial score (nSPS) is 18.7. The number of carbonyl (C=O) groups excluding carboxylic acids is 2. The quantitative estimate of drug-likeness (QED) is 0.0972. The molecule has 2 heterocycles. The third kappa shape index (κ3) is 7.25. The van der Waals surface area contributed by atoms with Crippen LogP contribution < -0.4 is 28.4 Å². The zero-order chi connectivity index (χ0) is 40.2. The van der Waals surface area contributed by atoms with Gasteiger partial charge < -0.3 is 38.2 Å². The van der Waals surface area contributed by atoms with Gasteiger partial charge in [0.25, 0.3) is 11.8 Å². The Morgan fingerprint density at radius 1 is 0.362 bits per heavy atom. The lowest BCUT2D eigenvalue weighted by atomic mass is 9.76. The number of likely N-dealkylation sites (tertiary alicyclic amines) is 2. The number of para-hydroxylation sites is 2. The van der Waals surface area contributed by atoms with Crippen LogP contribution >= 0.6 is 0 Å². The number of rotatable bonds is 15. The topological polar surface area (TPSA) is 96.0 Å². The van der Waals surface area contributed by atoms with Gasteiger partial charge in [-0.05, 0) is 95.1 Å². The maximum atomic E-state index is 14.9. The third-order valence-corrected chi connectivity index (χ3v) is 10.9. The smallest absolute Gasteiger partial charge is 0.267 e. The first-order valence-electron chi connectivity index (χ1n) is 19.1. The maximum absolute atomic E-state index is 14.9. The zero-order valence-electron chi connectivity index (χ0n) is 32.6. The molecule has 58 heavy (non-hydrogen) atoms. The third-order valence-electron chi connectivity index (χ3n) is 10.9.